The smallest absolute Gasteiger partial charge is 0.255 e. The van der Waals surface area contributed by atoms with Crippen LogP contribution in [0.1, 0.15) is 48.0 Å². The zero-order valence-corrected chi connectivity index (χ0v) is 18.1. The lowest BCUT2D eigenvalue weighted by Crippen LogP contribution is -2.31. The molecular weight excluding hydrogens is 400 g/mol. The summed E-state index contributed by atoms with van der Waals surface area (Å²) < 4.78 is 5.77. The predicted molar refractivity (Wildman–Crippen MR) is 126 cm³/mol. The standard InChI is InChI=1S/C27H28N2O3/c30-26(21-7-3-1-4-8-21)28-19-20-11-13-22(14-12-20)27(31)29-23-15-17-25(18-16-23)32-24-9-5-2-6-10-24/h2,5-6,9-18,21H,1,3-4,7-8,19H2,(H,28,30)(H,29,31). The highest BCUT2D eigenvalue weighted by atomic mass is 16.5. The van der Waals surface area contributed by atoms with E-state index in [0.717, 1.165) is 37.0 Å². The SMILES string of the molecule is O=C(Nc1ccc(Oc2ccccc2)cc1)c1ccc(CNC(=O)C2CCCCC2)cc1. The van der Waals surface area contributed by atoms with Gasteiger partial charge in [-0.2, -0.15) is 0 Å². The summed E-state index contributed by atoms with van der Waals surface area (Å²) in [4.78, 5) is 24.9. The molecular formula is C27H28N2O3. The molecule has 2 N–H and O–H groups in total. The lowest BCUT2D eigenvalue weighted by atomic mass is 9.88. The van der Waals surface area contributed by atoms with Gasteiger partial charge in [0.2, 0.25) is 5.91 Å². The number of carbonyl (C=O) groups is 2. The minimum atomic E-state index is -0.181. The van der Waals surface area contributed by atoms with E-state index in [4.69, 9.17) is 4.74 Å². The predicted octanol–water partition coefficient (Wildman–Crippen LogP) is 5.93. The quantitative estimate of drug-likeness (QED) is 0.490. The van der Waals surface area contributed by atoms with Gasteiger partial charge in [0.15, 0.2) is 0 Å². The third-order valence-corrected chi connectivity index (χ3v) is 5.75. The Balaban J connectivity index is 1.27. The van der Waals surface area contributed by atoms with E-state index >= 15 is 0 Å². The van der Waals surface area contributed by atoms with Crippen molar-refractivity contribution in [2.45, 2.75) is 38.6 Å². The molecule has 0 aromatic heterocycles. The molecule has 0 spiro atoms. The Morgan fingerprint density at radius 3 is 2.12 bits per heavy atom. The molecule has 0 unspecified atom stereocenters. The summed E-state index contributed by atoms with van der Waals surface area (Å²) in [7, 11) is 0. The first-order valence-electron chi connectivity index (χ1n) is 11.2. The van der Waals surface area contributed by atoms with Gasteiger partial charge in [0.25, 0.3) is 5.91 Å². The summed E-state index contributed by atoms with van der Waals surface area (Å²) >= 11 is 0. The third kappa shape index (κ3) is 5.97. The number of amides is 2. The van der Waals surface area contributed by atoms with Crippen LogP contribution in [0.4, 0.5) is 5.69 Å². The molecule has 3 aromatic carbocycles. The van der Waals surface area contributed by atoms with E-state index in [1.165, 1.54) is 6.42 Å². The van der Waals surface area contributed by atoms with Gasteiger partial charge in [-0.15, -0.1) is 0 Å². The summed E-state index contributed by atoms with van der Waals surface area (Å²) in [6.45, 7) is 0.486. The van der Waals surface area contributed by atoms with E-state index < -0.39 is 0 Å². The highest BCUT2D eigenvalue weighted by Gasteiger charge is 2.20. The number of hydrogen-bond acceptors (Lipinski definition) is 3. The van der Waals surface area contributed by atoms with Crippen molar-refractivity contribution in [1.82, 2.24) is 5.32 Å². The highest BCUT2D eigenvalue weighted by molar-refractivity contribution is 6.04. The Hall–Kier alpha value is -3.60. The maximum absolute atomic E-state index is 12.6. The van der Waals surface area contributed by atoms with E-state index in [9.17, 15) is 9.59 Å². The van der Waals surface area contributed by atoms with Gasteiger partial charge in [0.1, 0.15) is 11.5 Å². The molecule has 1 fully saturated rings. The molecule has 5 nitrogen and oxygen atoms in total. The molecule has 1 aliphatic rings. The first kappa shape index (κ1) is 21.6. The van der Waals surface area contributed by atoms with Gasteiger partial charge in [0.05, 0.1) is 0 Å². The Kier molecular flexibility index (Phi) is 7.18. The number of carbonyl (C=O) groups excluding carboxylic acids is 2. The second-order valence-corrected chi connectivity index (χ2v) is 8.14. The van der Waals surface area contributed by atoms with E-state index in [-0.39, 0.29) is 17.7 Å². The summed E-state index contributed by atoms with van der Waals surface area (Å²) in [5.41, 5.74) is 2.24. The van der Waals surface area contributed by atoms with Crippen molar-refractivity contribution in [2.75, 3.05) is 5.32 Å². The van der Waals surface area contributed by atoms with Gasteiger partial charge in [-0.05, 0) is 66.9 Å². The molecule has 0 saturated heterocycles. The summed E-state index contributed by atoms with van der Waals surface area (Å²) in [5.74, 6) is 1.58. The Labute approximate surface area is 188 Å². The molecule has 0 heterocycles. The minimum Gasteiger partial charge on any atom is -0.457 e. The van der Waals surface area contributed by atoms with Crippen LogP contribution in [0.5, 0.6) is 11.5 Å². The third-order valence-electron chi connectivity index (χ3n) is 5.75. The highest BCUT2D eigenvalue weighted by Crippen LogP contribution is 2.24. The normalized spacial score (nSPS) is 13.9. The maximum Gasteiger partial charge on any atom is 0.255 e. The number of anilines is 1. The van der Waals surface area contributed by atoms with Crippen LogP contribution in [0.3, 0.4) is 0 Å². The molecule has 32 heavy (non-hydrogen) atoms. The van der Waals surface area contributed by atoms with E-state index in [1.807, 2.05) is 66.7 Å². The molecule has 164 valence electrons. The average molecular weight is 429 g/mol. The fourth-order valence-electron chi connectivity index (χ4n) is 3.91. The van der Waals surface area contributed by atoms with Crippen LogP contribution >= 0.6 is 0 Å². The molecule has 1 saturated carbocycles. The number of hydrogen-bond donors (Lipinski definition) is 2. The number of rotatable bonds is 7. The fourth-order valence-corrected chi connectivity index (χ4v) is 3.91. The van der Waals surface area contributed by atoms with Gasteiger partial charge in [0, 0.05) is 23.7 Å². The van der Waals surface area contributed by atoms with Gasteiger partial charge < -0.3 is 15.4 Å². The molecule has 1 aliphatic carbocycles. The monoisotopic (exact) mass is 428 g/mol. The Morgan fingerprint density at radius 2 is 1.44 bits per heavy atom. The van der Waals surface area contributed by atoms with Crippen molar-refractivity contribution in [3.05, 3.63) is 90.0 Å². The van der Waals surface area contributed by atoms with Gasteiger partial charge >= 0.3 is 0 Å². The molecule has 3 aromatic rings. The zero-order chi connectivity index (χ0) is 22.2. The van der Waals surface area contributed by atoms with Crippen molar-refractivity contribution < 1.29 is 14.3 Å². The molecule has 2 amide bonds. The van der Waals surface area contributed by atoms with Crippen LogP contribution in [0.25, 0.3) is 0 Å². The first-order chi connectivity index (χ1) is 15.7. The topological polar surface area (TPSA) is 67.4 Å². The minimum absolute atomic E-state index is 0.145. The molecule has 0 aliphatic heterocycles. The van der Waals surface area contributed by atoms with E-state index in [2.05, 4.69) is 10.6 Å². The van der Waals surface area contributed by atoms with Crippen LogP contribution in [0.15, 0.2) is 78.9 Å². The summed E-state index contributed by atoms with van der Waals surface area (Å²) in [6, 6.07) is 24.1. The number of nitrogens with one attached hydrogen (secondary N) is 2. The maximum atomic E-state index is 12.6. The van der Waals surface area contributed by atoms with Crippen molar-refractivity contribution in [1.29, 1.82) is 0 Å². The van der Waals surface area contributed by atoms with Crippen molar-refractivity contribution in [3.8, 4) is 11.5 Å². The zero-order valence-electron chi connectivity index (χ0n) is 18.1. The lowest BCUT2D eigenvalue weighted by Gasteiger charge is -2.20. The summed E-state index contributed by atoms with van der Waals surface area (Å²) in [5, 5.41) is 5.93. The Bertz CT molecular complexity index is 1020. The van der Waals surface area contributed by atoms with Crippen molar-refractivity contribution >= 4 is 17.5 Å². The Morgan fingerprint density at radius 1 is 0.781 bits per heavy atom. The van der Waals surface area contributed by atoms with Gasteiger partial charge in [-0.3, -0.25) is 9.59 Å². The average Bonchev–Trinajstić information content (AvgIpc) is 2.85. The first-order valence-corrected chi connectivity index (χ1v) is 11.2. The van der Waals surface area contributed by atoms with Gasteiger partial charge in [-0.1, -0.05) is 49.6 Å². The molecule has 0 bridgehead atoms. The van der Waals surface area contributed by atoms with E-state index in [0.29, 0.717) is 23.5 Å². The number of ether oxygens (including phenoxy) is 1. The van der Waals surface area contributed by atoms with Crippen LogP contribution in [0.2, 0.25) is 0 Å². The second kappa shape index (κ2) is 10.6. The molecule has 4 rings (SSSR count). The van der Waals surface area contributed by atoms with Gasteiger partial charge in [-0.25, -0.2) is 0 Å². The molecule has 0 atom stereocenters. The van der Waals surface area contributed by atoms with Crippen molar-refractivity contribution in [2.24, 2.45) is 5.92 Å². The second-order valence-electron chi connectivity index (χ2n) is 8.14. The van der Waals surface area contributed by atoms with Crippen LogP contribution in [-0.2, 0) is 11.3 Å². The van der Waals surface area contributed by atoms with Crippen LogP contribution in [-0.4, -0.2) is 11.8 Å². The lowest BCUT2D eigenvalue weighted by molar-refractivity contribution is -0.126. The molecule has 0 radical (unpaired) electrons. The largest absolute Gasteiger partial charge is 0.457 e. The molecule has 5 heteroatoms. The van der Waals surface area contributed by atoms with Crippen molar-refractivity contribution in [3.63, 3.8) is 0 Å². The van der Waals surface area contributed by atoms with Crippen LogP contribution in [0, 0.1) is 5.92 Å². The fraction of sp³-hybridized carbons (Fsp3) is 0.259. The van der Waals surface area contributed by atoms with E-state index in [1.54, 1.807) is 12.1 Å². The number of benzene rings is 3. The summed E-state index contributed by atoms with van der Waals surface area (Å²) in [6.07, 6.45) is 5.50. The number of para-hydroxylation sites is 1. The van der Waals surface area contributed by atoms with Crippen LogP contribution < -0.4 is 15.4 Å².